The highest BCUT2D eigenvalue weighted by Crippen LogP contribution is 2.10. The van der Waals surface area contributed by atoms with Crippen molar-refractivity contribution in [3.63, 3.8) is 0 Å². The van der Waals surface area contributed by atoms with E-state index in [1.165, 1.54) is 0 Å². The number of hydrogen-bond donors (Lipinski definition) is 2. The van der Waals surface area contributed by atoms with Crippen molar-refractivity contribution in [2.75, 3.05) is 0 Å². The fourth-order valence-corrected chi connectivity index (χ4v) is 1.31. The lowest BCUT2D eigenvalue weighted by Crippen LogP contribution is -1.93. The molecule has 0 radical (unpaired) electrons. The molecule has 0 bridgehead atoms. The van der Waals surface area contributed by atoms with Crippen LogP contribution < -0.4 is 0 Å². The molecule has 0 atom stereocenters. The zero-order valence-electron chi connectivity index (χ0n) is 8.67. The number of aliphatic hydroxyl groups is 1. The first-order valence-corrected chi connectivity index (χ1v) is 5.21. The van der Waals surface area contributed by atoms with Crippen molar-refractivity contribution in [1.82, 2.24) is 0 Å². The van der Waals surface area contributed by atoms with Crippen LogP contribution in [0.15, 0.2) is 12.3 Å². The van der Waals surface area contributed by atoms with Crippen LogP contribution in [0.3, 0.4) is 0 Å². The number of unbranched alkanes of at least 4 members (excludes halogenated alkanes) is 5. The fourth-order valence-electron chi connectivity index (χ4n) is 1.31. The third-order valence-corrected chi connectivity index (χ3v) is 2.11. The van der Waals surface area contributed by atoms with Gasteiger partial charge in [0.05, 0.1) is 5.76 Å². The van der Waals surface area contributed by atoms with E-state index < -0.39 is 5.97 Å². The average Bonchev–Trinajstić information content (AvgIpc) is 2.08. The molecule has 82 valence electrons. The minimum Gasteiger partial charge on any atom is -0.513 e. The summed E-state index contributed by atoms with van der Waals surface area (Å²) >= 11 is 0. The van der Waals surface area contributed by atoms with E-state index in [2.05, 4.69) is 6.58 Å². The van der Waals surface area contributed by atoms with E-state index >= 15 is 0 Å². The van der Waals surface area contributed by atoms with Crippen LogP contribution in [0.4, 0.5) is 0 Å². The van der Waals surface area contributed by atoms with Gasteiger partial charge in [-0.1, -0.05) is 32.3 Å². The normalized spacial score (nSPS) is 10.0. The van der Waals surface area contributed by atoms with Crippen molar-refractivity contribution < 1.29 is 15.0 Å². The number of aliphatic hydroxyl groups excluding tert-OH is 1. The minimum absolute atomic E-state index is 0.260. The van der Waals surface area contributed by atoms with E-state index in [4.69, 9.17) is 10.2 Å². The summed E-state index contributed by atoms with van der Waals surface area (Å²) in [4.78, 5) is 10.2. The molecule has 14 heavy (non-hydrogen) atoms. The van der Waals surface area contributed by atoms with Gasteiger partial charge in [0, 0.05) is 12.8 Å². The topological polar surface area (TPSA) is 57.5 Å². The number of carboxylic acid groups (broad SMARTS) is 1. The van der Waals surface area contributed by atoms with Crippen LogP contribution in [0.1, 0.15) is 51.4 Å². The lowest BCUT2D eigenvalue weighted by Gasteiger charge is -2.00. The molecule has 0 saturated carbocycles. The summed E-state index contributed by atoms with van der Waals surface area (Å²) < 4.78 is 0. The van der Waals surface area contributed by atoms with Gasteiger partial charge in [-0.3, -0.25) is 4.79 Å². The van der Waals surface area contributed by atoms with E-state index in [0.717, 1.165) is 38.5 Å². The molecule has 0 fully saturated rings. The third-order valence-electron chi connectivity index (χ3n) is 2.11. The Labute approximate surface area is 85.4 Å². The SMILES string of the molecule is C=C(O)CCCCCCCCC(=O)O. The third kappa shape index (κ3) is 11.0. The van der Waals surface area contributed by atoms with Crippen LogP contribution in [0.25, 0.3) is 0 Å². The highest BCUT2D eigenvalue weighted by atomic mass is 16.4. The van der Waals surface area contributed by atoms with Crippen LogP contribution >= 0.6 is 0 Å². The molecule has 0 saturated heterocycles. The molecule has 0 aromatic rings. The molecule has 0 aromatic carbocycles. The maximum atomic E-state index is 10.2. The Balaban J connectivity index is 2.99. The standard InChI is InChI=1S/C11H20O3/c1-10(12)8-6-4-2-3-5-7-9-11(13)14/h12H,1-9H2,(H,13,14). The molecule has 0 unspecified atom stereocenters. The first-order chi connectivity index (χ1) is 6.63. The van der Waals surface area contributed by atoms with Crippen molar-refractivity contribution >= 4 is 5.97 Å². The van der Waals surface area contributed by atoms with Crippen LogP contribution in [0.2, 0.25) is 0 Å². The van der Waals surface area contributed by atoms with Gasteiger partial charge in [-0.05, 0) is 12.8 Å². The molecule has 0 aliphatic heterocycles. The molecule has 2 N–H and O–H groups in total. The largest absolute Gasteiger partial charge is 0.513 e. The molecule has 0 rings (SSSR count). The van der Waals surface area contributed by atoms with Gasteiger partial charge in [0.15, 0.2) is 0 Å². The van der Waals surface area contributed by atoms with Crippen molar-refractivity contribution in [2.24, 2.45) is 0 Å². The summed E-state index contributed by atoms with van der Waals surface area (Å²) in [5.74, 6) is -0.447. The molecule has 0 spiro atoms. The van der Waals surface area contributed by atoms with E-state index in [1.54, 1.807) is 0 Å². The molecular formula is C11H20O3. The highest BCUT2D eigenvalue weighted by molar-refractivity contribution is 5.66. The Kier molecular flexibility index (Phi) is 7.99. The number of rotatable bonds is 9. The monoisotopic (exact) mass is 200 g/mol. The van der Waals surface area contributed by atoms with Crippen LogP contribution in [0, 0.1) is 0 Å². The molecular weight excluding hydrogens is 180 g/mol. The molecule has 0 aromatic heterocycles. The average molecular weight is 200 g/mol. The highest BCUT2D eigenvalue weighted by Gasteiger charge is 1.96. The first kappa shape index (κ1) is 13.0. The quantitative estimate of drug-likeness (QED) is 0.443. The Hall–Kier alpha value is -0.990. The summed E-state index contributed by atoms with van der Waals surface area (Å²) in [5, 5.41) is 17.2. The van der Waals surface area contributed by atoms with Gasteiger partial charge in [-0.15, -0.1) is 0 Å². The molecule has 0 aliphatic rings. The van der Waals surface area contributed by atoms with Gasteiger partial charge in [0.1, 0.15) is 0 Å². The van der Waals surface area contributed by atoms with Crippen molar-refractivity contribution in [1.29, 1.82) is 0 Å². The number of aliphatic carboxylic acids is 1. The lowest BCUT2D eigenvalue weighted by atomic mass is 10.1. The summed E-state index contributed by atoms with van der Waals surface area (Å²) in [6.45, 7) is 3.41. The second-order valence-electron chi connectivity index (χ2n) is 3.58. The lowest BCUT2D eigenvalue weighted by molar-refractivity contribution is -0.137. The van der Waals surface area contributed by atoms with Gasteiger partial charge in [-0.2, -0.15) is 0 Å². The summed E-state index contributed by atoms with van der Waals surface area (Å²) in [6, 6.07) is 0. The zero-order valence-corrected chi connectivity index (χ0v) is 8.67. The second-order valence-corrected chi connectivity index (χ2v) is 3.58. The van der Waals surface area contributed by atoms with Gasteiger partial charge in [0.2, 0.25) is 0 Å². The van der Waals surface area contributed by atoms with Gasteiger partial charge in [0.25, 0.3) is 0 Å². The second kappa shape index (κ2) is 8.60. The van der Waals surface area contributed by atoms with Gasteiger partial charge < -0.3 is 10.2 Å². The minimum atomic E-state index is -0.707. The van der Waals surface area contributed by atoms with Gasteiger partial charge in [-0.25, -0.2) is 0 Å². The smallest absolute Gasteiger partial charge is 0.303 e. The Morgan fingerprint density at radius 1 is 0.857 bits per heavy atom. The van der Waals surface area contributed by atoms with Crippen LogP contribution in [0.5, 0.6) is 0 Å². The molecule has 3 nitrogen and oxygen atoms in total. The van der Waals surface area contributed by atoms with Crippen LogP contribution in [-0.4, -0.2) is 16.2 Å². The summed E-state index contributed by atoms with van der Waals surface area (Å²) in [7, 11) is 0. The Morgan fingerprint density at radius 3 is 1.71 bits per heavy atom. The van der Waals surface area contributed by atoms with Crippen molar-refractivity contribution in [2.45, 2.75) is 51.4 Å². The number of allylic oxidation sites excluding steroid dienone is 1. The van der Waals surface area contributed by atoms with Crippen LogP contribution in [-0.2, 0) is 4.79 Å². The Morgan fingerprint density at radius 2 is 1.29 bits per heavy atom. The molecule has 0 heterocycles. The maximum Gasteiger partial charge on any atom is 0.303 e. The first-order valence-electron chi connectivity index (χ1n) is 5.21. The summed E-state index contributed by atoms with van der Waals surface area (Å²) in [5.41, 5.74) is 0. The number of hydrogen-bond acceptors (Lipinski definition) is 2. The summed E-state index contributed by atoms with van der Waals surface area (Å²) in [6.07, 6.45) is 7.02. The number of carboxylic acids is 1. The van der Waals surface area contributed by atoms with Crippen molar-refractivity contribution in [3.8, 4) is 0 Å². The molecule has 0 amide bonds. The maximum absolute atomic E-state index is 10.2. The Bertz CT molecular complexity index is 155. The fraction of sp³-hybridized carbons (Fsp3) is 0.727. The predicted molar refractivity (Wildman–Crippen MR) is 56.3 cm³/mol. The molecule has 3 heteroatoms. The van der Waals surface area contributed by atoms with Gasteiger partial charge >= 0.3 is 5.97 Å². The van der Waals surface area contributed by atoms with E-state index in [1.807, 2.05) is 0 Å². The zero-order chi connectivity index (χ0) is 10.8. The van der Waals surface area contributed by atoms with E-state index in [0.29, 0.717) is 6.42 Å². The molecule has 0 aliphatic carbocycles. The number of carbonyl (C=O) groups is 1. The predicted octanol–water partition coefficient (Wildman–Crippen LogP) is 3.26. The van der Waals surface area contributed by atoms with Crippen molar-refractivity contribution in [3.05, 3.63) is 12.3 Å². The van der Waals surface area contributed by atoms with E-state index in [-0.39, 0.29) is 12.2 Å². The van der Waals surface area contributed by atoms with E-state index in [9.17, 15) is 4.79 Å².